The number of amides is 1. The summed E-state index contributed by atoms with van der Waals surface area (Å²) in [6.45, 7) is 2.12. The molecule has 1 aliphatic rings. The Morgan fingerprint density at radius 2 is 2.05 bits per heavy atom. The van der Waals surface area contributed by atoms with Gasteiger partial charge in [0, 0.05) is 24.3 Å². The minimum Gasteiger partial charge on any atom is -0.373 e. The summed E-state index contributed by atoms with van der Waals surface area (Å²) in [5.41, 5.74) is 1.70. The van der Waals surface area contributed by atoms with Gasteiger partial charge in [-0.3, -0.25) is 4.79 Å². The third-order valence-electron chi connectivity index (χ3n) is 3.84. The van der Waals surface area contributed by atoms with Crippen molar-refractivity contribution in [3.63, 3.8) is 0 Å². The van der Waals surface area contributed by atoms with E-state index in [2.05, 4.69) is 22.5 Å². The van der Waals surface area contributed by atoms with E-state index in [-0.39, 0.29) is 5.91 Å². The van der Waals surface area contributed by atoms with Crippen molar-refractivity contribution in [2.24, 2.45) is 0 Å². The van der Waals surface area contributed by atoms with Gasteiger partial charge in [-0.15, -0.1) is 0 Å². The summed E-state index contributed by atoms with van der Waals surface area (Å²) >= 11 is 0. The second-order valence-corrected chi connectivity index (χ2v) is 5.54. The Balaban J connectivity index is 2.09. The average molecular weight is 275 g/mol. The summed E-state index contributed by atoms with van der Waals surface area (Å²) in [7, 11) is 1.83. The molecule has 0 radical (unpaired) electrons. The van der Waals surface area contributed by atoms with E-state index in [0.717, 1.165) is 42.8 Å². The molecule has 0 aromatic carbocycles. The molecule has 1 aliphatic carbocycles. The number of nitrogens with zero attached hydrogens (tertiary/aromatic N) is 1. The highest BCUT2D eigenvalue weighted by atomic mass is 16.1. The minimum absolute atomic E-state index is 0.0353. The van der Waals surface area contributed by atoms with E-state index >= 15 is 0 Å². The molecule has 1 aromatic heterocycles. The fourth-order valence-corrected chi connectivity index (χ4v) is 2.75. The van der Waals surface area contributed by atoms with Crippen molar-refractivity contribution in [1.82, 2.24) is 10.3 Å². The van der Waals surface area contributed by atoms with Gasteiger partial charge < -0.3 is 10.6 Å². The zero-order valence-electron chi connectivity index (χ0n) is 12.5. The predicted octanol–water partition coefficient (Wildman–Crippen LogP) is 3.14. The van der Waals surface area contributed by atoms with Crippen LogP contribution < -0.4 is 10.6 Å². The highest BCUT2D eigenvalue weighted by Crippen LogP contribution is 2.18. The molecule has 20 heavy (non-hydrogen) atoms. The van der Waals surface area contributed by atoms with Gasteiger partial charge in [0.05, 0.1) is 0 Å². The molecule has 0 aliphatic heterocycles. The van der Waals surface area contributed by atoms with Gasteiger partial charge in [-0.1, -0.05) is 32.6 Å². The Kier molecular flexibility index (Phi) is 5.39. The summed E-state index contributed by atoms with van der Waals surface area (Å²) in [4.78, 5) is 16.9. The summed E-state index contributed by atoms with van der Waals surface area (Å²) in [5, 5.41) is 6.19. The van der Waals surface area contributed by atoms with Crippen LogP contribution in [0.3, 0.4) is 0 Å². The van der Waals surface area contributed by atoms with Crippen molar-refractivity contribution in [3.05, 3.63) is 23.4 Å². The fraction of sp³-hybridized carbons (Fsp3) is 0.625. The van der Waals surface area contributed by atoms with E-state index in [0.29, 0.717) is 6.04 Å². The largest absolute Gasteiger partial charge is 0.373 e. The van der Waals surface area contributed by atoms with Crippen molar-refractivity contribution >= 4 is 11.7 Å². The minimum atomic E-state index is 0.0353. The van der Waals surface area contributed by atoms with Gasteiger partial charge in [-0.25, -0.2) is 4.98 Å². The quantitative estimate of drug-likeness (QED) is 0.868. The van der Waals surface area contributed by atoms with Crippen molar-refractivity contribution in [3.8, 4) is 0 Å². The van der Waals surface area contributed by atoms with Gasteiger partial charge in [-0.2, -0.15) is 0 Å². The Morgan fingerprint density at radius 3 is 2.70 bits per heavy atom. The van der Waals surface area contributed by atoms with E-state index in [1.165, 1.54) is 19.3 Å². The van der Waals surface area contributed by atoms with Crippen molar-refractivity contribution in [1.29, 1.82) is 0 Å². The number of nitrogens with one attached hydrogen (secondary N) is 2. The van der Waals surface area contributed by atoms with Crippen LogP contribution in [0.2, 0.25) is 0 Å². The molecule has 2 rings (SSSR count). The van der Waals surface area contributed by atoms with E-state index in [9.17, 15) is 4.79 Å². The molecule has 0 bridgehead atoms. The van der Waals surface area contributed by atoms with Crippen LogP contribution in [0.15, 0.2) is 12.1 Å². The van der Waals surface area contributed by atoms with Crippen LogP contribution in [0.25, 0.3) is 0 Å². The first-order chi connectivity index (χ1) is 9.72. The SMILES string of the molecule is CCCc1cc(C(=O)NC2CCCCC2)cc(NC)n1. The van der Waals surface area contributed by atoms with Crippen molar-refractivity contribution in [2.45, 2.75) is 57.9 Å². The normalized spacial score (nSPS) is 15.9. The summed E-state index contributed by atoms with van der Waals surface area (Å²) in [6, 6.07) is 4.09. The van der Waals surface area contributed by atoms with Crippen LogP contribution in [0.4, 0.5) is 5.82 Å². The summed E-state index contributed by atoms with van der Waals surface area (Å²) < 4.78 is 0. The molecule has 4 heteroatoms. The van der Waals surface area contributed by atoms with E-state index in [1.54, 1.807) is 0 Å². The molecule has 0 atom stereocenters. The van der Waals surface area contributed by atoms with Gasteiger partial charge in [0.25, 0.3) is 5.91 Å². The third kappa shape index (κ3) is 3.95. The number of rotatable bonds is 5. The standard InChI is InChI=1S/C16H25N3O/c1-3-7-14-10-12(11-15(17-2)18-14)16(20)19-13-8-5-4-6-9-13/h10-11,13H,3-9H2,1-2H3,(H,17,18)(H,19,20). The van der Waals surface area contributed by atoms with Gasteiger partial charge in [0.15, 0.2) is 0 Å². The van der Waals surface area contributed by atoms with Crippen LogP contribution in [0.5, 0.6) is 0 Å². The number of carbonyl (C=O) groups excluding carboxylic acids is 1. The molecule has 0 unspecified atom stereocenters. The molecule has 110 valence electrons. The molecular formula is C16H25N3O. The Bertz CT molecular complexity index is 453. The van der Waals surface area contributed by atoms with Crippen LogP contribution in [0, 0.1) is 0 Å². The maximum absolute atomic E-state index is 12.4. The number of hydrogen-bond acceptors (Lipinski definition) is 3. The predicted molar refractivity (Wildman–Crippen MR) is 82.1 cm³/mol. The molecule has 0 spiro atoms. The van der Waals surface area contributed by atoms with Gasteiger partial charge in [0.1, 0.15) is 5.82 Å². The molecule has 1 saturated carbocycles. The smallest absolute Gasteiger partial charge is 0.251 e. The lowest BCUT2D eigenvalue weighted by molar-refractivity contribution is 0.0927. The van der Waals surface area contributed by atoms with Gasteiger partial charge in [0.2, 0.25) is 0 Å². The molecule has 1 fully saturated rings. The number of carbonyl (C=O) groups is 1. The first-order valence-corrected chi connectivity index (χ1v) is 7.72. The topological polar surface area (TPSA) is 54.0 Å². The first kappa shape index (κ1) is 14.8. The average Bonchev–Trinajstić information content (AvgIpc) is 2.48. The maximum atomic E-state index is 12.4. The number of aryl methyl sites for hydroxylation is 1. The van der Waals surface area contributed by atoms with E-state index < -0.39 is 0 Å². The fourth-order valence-electron chi connectivity index (χ4n) is 2.75. The molecule has 1 aromatic rings. The lowest BCUT2D eigenvalue weighted by Crippen LogP contribution is -2.36. The third-order valence-corrected chi connectivity index (χ3v) is 3.84. The maximum Gasteiger partial charge on any atom is 0.251 e. The van der Waals surface area contributed by atoms with E-state index in [1.807, 2.05) is 19.2 Å². The highest BCUT2D eigenvalue weighted by molar-refractivity contribution is 5.95. The van der Waals surface area contributed by atoms with Gasteiger partial charge >= 0.3 is 0 Å². The van der Waals surface area contributed by atoms with Crippen LogP contribution in [-0.2, 0) is 6.42 Å². The molecule has 4 nitrogen and oxygen atoms in total. The molecule has 1 heterocycles. The van der Waals surface area contributed by atoms with Crippen LogP contribution in [-0.4, -0.2) is 24.0 Å². The van der Waals surface area contributed by atoms with Gasteiger partial charge in [-0.05, 0) is 31.4 Å². The monoisotopic (exact) mass is 275 g/mol. The molecular weight excluding hydrogens is 250 g/mol. The van der Waals surface area contributed by atoms with Crippen LogP contribution >= 0.6 is 0 Å². The van der Waals surface area contributed by atoms with Crippen LogP contribution in [0.1, 0.15) is 61.5 Å². The number of aromatic nitrogens is 1. The van der Waals surface area contributed by atoms with Crippen molar-refractivity contribution < 1.29 is 4.79 Å². The Hall–Kier alpha value is -1.58. The Labute approximate surface area is 121 Å². The summed E-state index contributed by atoms with van der Waals surface area (Å²) in [6.07, 6.45) is 7.90. The lowest BCUT2D eigenvalue weighted by atomic mass is 9.95. The zero-order chi connectivity index (χ0) is 14.4. The summed E-state index contributed by atoms with van der Waals surface area (Å²) in [5.74, 6) is 0.804. The lowest BCUT2D eigenvalue weighted by Gasteiger charge is -2.23. The highest BCUT2D eigenvalue weighted by Gasteiger charge is 2.17. The Morgan fingerprint density at radius 1 is 1.30 bits per heavy atom. The van der Waals surface area contributed by atoms with Crippen molar-refractivity contribution in [2.75, 3.05) is 12.4 Å². The number of hydrogen-bond donors (Lipinski definition) is 2. The zero-order valence-corrected chi connectivity index (χ0v) is 12.5. The van der Waals surface area contributed by atoms with E-state index in [4.69, 9.17) is 0 Å². The first-order valence-electron chi connectivity index (χ1n) is 7.72. The molecule has 1 amide bonds. The second kappa shape index (κ2) is 7.27. The second-order valence-electron chi connectivity index (χ2n) is 5.54. The molecule has 0 saturated heterocycles. The number of pyridine rings is 1. The molecule has 2 N–H and O–H groups in total. The number of anilines is 1.